The maximum absolute atomic E-state index is 11.8. The molecule has 1 aromatic rings. The van der Waals surface area contributed by atoms with Gasteiger partial charge in [-0.25, -0.2) is 5.01 Å². The summed E-state index contributed by atoms with van der Waals surface area (Å²) < 4.78 is 0. The van der Waals surface area contributed by atoms with Crippen LogP contribution in [0.4, 0.5) is 0 Å². The number of nitrogens with one attached hydrogen (secondary N) is 1. The van der Waals surface area contributed by atoms with Crippen LogP contribution in [0.5, 0.6) is 0 Å². The van der Waals surface area contributed by atoms with E-state index in [0.29, 0.717) is 6.42 Å². The molecule has 1 amide bonds. The second-order valence-corrected chi connectivity index (χ2v) is 5.41. The Morgan fingerprint density at radius 2 is 1.68 bits per heavy atom. The Bertz CT molecular complexity index is 455. The number of carbonyl (C=O) groups is 1. The minimum atomic E-state index is -0.265. The van der Waals surface area contributed by atoms with Crippen LogP contribution in [0, 0.1) is 27.7 Å². The van der Waals surface area contributed by atoms with Crippen molar-refractivity contribution in [3.05, 3.63) is 33.9 Å². The zero-order valence-electron chi connectivity index (χ0n) is 12.8. The van der Waals surface area contributed by atoms with Crippen molar-refractivity contribution in [1.82, 2.24) is 10.4 Å². The van der Waals surface area contributed by atoms with E-state index in [2.05, 4.69) is 39.2 Å². The van der Waals surface area contributed by atoms with Crippen LogP contribution in [0.15, 0.2) is 6.07 Å². The van der Waals surface area contributed by atoms with Crippen molar-refractivity contribution >= 4 is 5.91 Å². The van der Waals surface area contributed by atoms with Gasteiger partial charge < -0.3 is 5.73 Å². The summed E-state index contributed by atoms with van der Waals surface area (Å²) in [4.78, 5) is 11.8. The highest BCUT2D eigenvalue weighted by Gasteiger charge is 2.18. The van der Waals surface area contributed by atoms with E-state index in [1.54, 1.807) is 19.1 Å². The van der Waals surface area contributed by atoms with Crippen molar-refractivity contribution in [2.45, 2.75) is 40.2 Å². The fourth-order valence-corrected chi connectivity index (χ4v) is 2.40. The van der Waals surface area contributed by atoms with Gasteiger partial charge in [-0.2, -0.15) is 0 Å². The van der Waals surface area contributed by atoms with Gasteiger partial charge >= 0.3 is 0 Å². The van der Waals surface area contributed by atoms with Crippen LogP contribution >= 0.6 is 0 Å². The molecule has 0 aliphatic rings. The Morgan fingerprint density at radius 3 is 2.11 bits per heavy atom. The van der Waals surface area contributed by atoms with E-state index in [4.69, 9.17) is 5.73 Å². The number of nitrogens with two attached hydrogens (primary N) is 1. The maximum atomic E-state index is 11.8. The molecule has 19 heavy (non-hydrogen) atoms. The van der Waals surface area contributed by atoms with Crippen molar-refractivity contribution in [1.29, 1.82) is 0 Å². The third-order valence-electron chi connectivity index (χ3n) is 3.55. The summed E-state index contributed by atoms with van der Waals surface area (Å²) >= 11 is 0. The molecule has 0 saturated heterocycles. The van der Waals surface area contributed by atoms with Crippen LogP contribution in [0.25, 0.3) is 0 Å². The van der Waals surface area contributed by atoms with Crippen molar-refractivity contribution in [2.24, 2.45) is 5.73 Å². The number of carbonyl (C=O) groups excluding carboxylic acids is 1. The SMILES string of the molecule is Cc1cc(C)c(C)c(C(N)CC(=O)NN(C)C)c1C. The van der Waals surface area contributed by atoms with Gasteiger partial charge in [0.1, 0.15) is 0 Å². The second kappa shape index (κ2) is 6.17. The Balaban J connectivity index is 3.00. The maximum Gasteiger partial charge on any atom is 0.236 e. The van der Waals surface area contributed by atoms with Crippen LogP contribution in [0.3, 0.4) is 0 Å². The van der Waals surface area contributed by atoms with E-state index >= 15 is 0 Å². The number of hydrazine groups is 1. The predicted molar refractivity (Wildman–Crippen MR) is 78.8 cm³/mol. The molecule has 0 spiro atoms. The third-order valence-corrected chi connectivity index (χ3v) is 3.55. The minimum Gasteiger partial charge on any atom is -0.324 e. The molecule has 4 heteroatoms. The number of rotatable bonds is 4. The molecule has 0 radical (unpaired) electrons. The highest BCUT2D eigenvalue weighted by molar-refractivity contribution is 5.76. The molecule has 3 N–H and O–H groups in total. The first kappa shape index (κ1) is 15.7. The van der Waals surface area contributed by atoms with Gasteiger partial charge in [-0.3, -0.25) is 10.2 Å². The zero-order valence-corrected chi connectivity index (χ0v) is 12.8. The van der Waals surface area contributed by atoms with Gasteiger partial charge in [0.15, 0.2) is 0 Å². The van der Waals surface area contributed by atoms with E-state index < -0.39 is 0 Å². The minimum absolute atomic E-state index is 0.0598. The first-order valence-corrected chi connectivity index (χ1v) is 6.53. The summed E-state index contributed by atoms with van der Waals surface area (Å²) in [5.74, 6) is -0.0598. The van der Waals surface area contributed by atoms with Gasteiger partial charge in [0, 0.05) is 26.6 Å². The Morgan fingerprint density at radius 1 is 1.21 bits per heavy atom. The number of benzene rings is 1. The first-order chi connectivity index (χ1) is 8.73. The lowest BCUT2D eigenvalue weighted by Crippen LogP contribution is -2.37. The molecule has 0 aliphatic carbocycles. The molecule has 0 heterocycles. The standard InChI is InChI=1S/C15H25N3O/c1-9-7-10(2)12(4)15(11(9)3)13(16)8-14(19)17-18(5)6/h7,13H,8,16H2,1-6H3,(H,17,19). The molecule has 1 unspecified atom stereocenters. The molecule has 0 bridgehead atoms. The number of hydrogen-bond donors (Lipinski definition) is 2. The van der Waals surface area contributed by atoms with E-state index in [1.165, 1.54) is 22.3 Å². The van der Waals surface area contributed by atoms with E-state index in [0.717, 1.165) is 5.56 Å². The lowest BCUT2D eigenvalue weighted by atomic mass is 9.89. The van der Waals surface area contributed by atoms with Crippen molar-refractivity contribution in [3.63, 3.8) is 0 Å². The van der Waals surface area contributed by atoms with Gasteiger partial charge in [0.05, 0.1) is 0 Å². The topological polar surface area (TPSA) is 58.4 Å². The Hall–Kier alpha value is -1.39. The van der Waals surface area contributed by atoms with E-state index in [9.17, 15) is 4.79 Å². The molecule has 1 aromatic carbocycles. The number of nitrogens with zero attached hydrogens (tertiary/aromatic N) is 1. The summed E-state index contributed by atoms with van der Waals surface area (Å²) in [5.41, 5.74) is 14.9. The number of amides is 1. The van der Waals surface area contributed by atoms with Crippen molar-refractivity contribution in [2.75, 3.05) is 14.1 Å². The molecule has 4 nitrogen and oxygen atoms in total. The summed E-state index contributed by atoms with van der Waals surface area (Å²) in [7, 11) is 3.58. The fourth-order valence-electron chi connectivity index (χ4n) is 2.40. The molecule has 0 aliphatic heterocycles. The summed E-state index contributed by atoms with van der Waals surface area (Å²) in [6.07, 6.45) is 0.294. The highest BCUT2D eigenvalue weighted by atomic mass is 16.2. The van der Waals surface area contributed by atoms with E-state index in [1.807, 2.05) is 0 Å². The van der Waals surface area contributed by atoms with Crippen LogP contribution in [0.1, 0.15) is 40.3 Å². The second-order valence-electron chi connectivity index (χ2n) is 5.41. The Kier molecular flexibility index (Phi) is 5.09. The largest absolute Gasteiger partial charge is 0.324 e. The molecule has 106 valence electrons. The van der Waals surface area contributed by atoms with E-state index in [-0.39, 0.29) is 11.9 Å². The Labute approximate surface area is 115 Å². The van der Waals surface area contributed by atoms with Crippen LogP contribution in [-0.4, -0.2) is 25.0 Å². The van der Waals surface area contributed by atoms with Crippen LogP contribution < -0.4 is 11.2 Å². The molecule has 0 fully saturated rings. The zero-order chi connectivity index (χ0) is 14.7. The molecular weight excluding hydrogens is 238 g/mol. The average Bonchev–Trinajstić information content (AvgIpc) is 2.25. The third kappa shape index (κ3) is 3.78. The molecule has 1 atom stereocenters. The van der Waals surface area contributed by atoms with Gasteiger partial charge in [-0.05, 0) is 55.5 Å². The predicted octanol–water partition coefficient (Wildman–Crippen LogP) is 1.90. The van der Waals surface area contributed by atoms with Crippen LogP contribution in [0.2, 0.25) is 0 Å². The highest BCUT2D eigenvalue weighted by Crippen LogP contribution is 2.27. The molecule has 0 aromatic heterocycles. The molecular formula is C15H25N3O. The van der Waals surface area contributed by atoms with Crippen molar-refractivity contribution < 1.29 is 4.79 Å². The fraction of sp³-hybridized carbons (Fsp3) is 0.533. The number of aryl methyl sites for hydroxylation is 2. The molecule has 0 saturated carbocycles. The van der Waals surface area contributed by atoms with Crippen LogP contribution in [-0.2, 0) is 4.79 Å². The first-order valence-electron chi connectivity index (χ1n) is 6.53. The normalized spacial score (nSPS) is 12.6. The number of hydrogen-bond acceptors (Lipinski definition) is 3. The lowest BCUT2D eigenvalue weighted by molar-refractivity contribution is -0.125. The smallest absolute Gasteiger partial charge is 0.236 e. The summed E-state index contributed by atoms with van der Waals surface area (Å²) in [5, 5.41) is 1.64. The summed E-state index contributed by atoms with van der Waals surface area (Å²) in [6.45, 7) is 8.30. The quantitative estimate of drug-likeness (QED) is 0.816. The van der Waals surface area contributed by atoms with Gasteiger partial charge in [0.2, 0.25) is 5.91 Å². The van der Waals surface area contributed by atoms with Gasteiger partial charge in [-0.15, -0.1) is 0 Å². The van der Waals surface area contributed by atoms with Gasteiger partial charge in [-0.1, -0.05) is 6.07 Å². The molecule has 1 rings (SSSR count). The van der Waals surface area contributed by atoms with Gasteiger partial charge in [0.25, 0.3) is 0 Å². The monoisotopic (exact) mass is 263 g/mol. The van der Waals surface area contributed by atoms with Crippen molar-refractivity contribution in [3.8, 4) is 0 Å². The summed E-state index contributed by atoms with van der Waals surface area (Å²) in [6, 6.07) is 1.90. The lowest BCUT2D eigenvalue weighted by Gasteiger charge is -2.21. The average molecular weight is 263 g/mol.